The van der Waals surface area contributed by atoms with E-state index in [1.54, 1.807) is 34.4 Å². The van der Waals surface area contributed by atoms with E-state index in [9.17, 15) is 0 Å². The standard InChI is InChI=1S/C14H10N4S3/c1-2-5-18-12(3-1)16-17-14(18)21-9-11-8-20-13(15-11)10-4-6-19-7-10/h1-8H,9H2. The maximum atomic E-state index is 4.68. The molecule has 0 aliphatic rings. The van der Waals surface area contributed by atoms with E-state index in [2.05, 4.69) is 37.4 Å². The third-order valence-corrected chi connectivity index (χ3v) is 5.55. The van der Waals surface area contributed by atoms with Gasteiger partial charge in [-0.25, -0.2) is 4.98 Å². The van der Waals surface area contributed by atoms with Crippen LogP contribution in [0.25, 0.3) is 16.2 Å². The van der Waals surface area contributed by atoms with Crippen molar-refractivity contribution in [2.45, 2.75) is 10.9 Å². The molecule has 0 spiro atoms. The Morgan fingerprint density at radius 1 is 1.14 bits per heavy atom. The number of thioether (sulfide) groups is 1. The number of aromatic nitrogens is 4. The third kappa shape index (κ3) is 2.59. The Balaban J connectivity index is 1.52. The predicted octanol–water partition coefficient (Wildman–Crippen LogP) is 4.21. The fourth-order valence-electron chi connectivity index (χ4n) is 1.95. The van der Waals surface area contributed by atoms with Crippen molar-refractivity contribution in [2.24, 2.45) is 0 Å². The van der Waals surface area contributed by atoms with Crippen molar-refractivity contribution in [3.63, 3.8) is 0 Å². The second kappa shape index (κ2) is 5.59. The molecule has 0 aliphatic heterocycles. The van der Waals surface area contributed by atoms with Crippen molar-refractivity contribution < 1.29 is 0 Å². The van der Waals surface area contributed by atoms with E-state index in [0.29, 0.717) is 0 Å². The zero-order valence-electron chi connectivity index (χ0n) is 10.8. The number of pyridine rings is 1. The lowest BCUT2D eigenvalue weighted by Gasteiger charge is -1.97. The summed E-state index contributed by atoms with van der Waals surface area (Å²) in [6.45, 7) is 0. The van der Waals surface area contributed by atoms with E-state index in [1.165, 1.54) is 5.56 Å². The van der Waals surface area contributed by atoms with Gasteiger partial charge in [-0.05, 0) is 23.6 Å². The minimum absolute atomic E-state index is 0.802. The summed E-state index contributed by atoms with van der Waals surface area (Å²) in [5.41, 5.74) is 3.16. The predicted molar refractivity (Wildman–Crippen MR) is 88.0 cm³/mol. The van der Waals surface area contributed by atoms with E-state index < -0.39 is 0 Å². The van der Waals surface area contributed by atoms with Gasteiger partial charge in [-0.2, -0.15) is 11.3 Å². The van der Waals surface area contributed by atoms with Gasteiger partial charge in [0.25, 0.3) is 0 Å². The van der Waals surface area contributed by atoms with Crippen molar-refractivity contribution in [3.8, 4) is 10.6 Å². The summed E-state index contributed by atoms with van der Waals surface area (Å²) in [6, 6.07) is 8.00. The topological polar surface area (TPSA) is 43.1 Å². The van der Waals surface area contributed by atoms with Crippen molar-refractivity contribution in [1.82, 2.24) is 19.6 Å². The molecule has 7 heteroatoms. The molecule has 0 aromatic carbocycles. The summed E-state index contributed by atoms with van der Waals surface area (Å²) in [4.78, 5) is 4.68. The second-order valence-corrected chi connectivity index (χ2v) is 6.94. The molecule has 21 heavy (non-hydrogen) atoms. The average molecular weight is 330 g/mol. The van der Waals surface area contributed by atoms with Crippen molar-refractivity contribution in [3.05, 3.63) is 52.3 Å². The Morgan fingerprint density at radius 3 is 3.05 bits per heavy atom. The van der Waals surface area contributed by atoms with Crippen LogP contribution in [0.1, 0.15) is 5.69 Å². The van der Waals surface area contributed by atoms with Gasteiger partial charge in [-0.3, -0.25) is 4.40 Å². The lowest BCUT2D eigenvalue weighted by atomic mass is 10.4. The molecule has 4 rings (SSSR count). The Kier molecular flexibility index (Phi) is 3.46. The first-order valence-corrected chi connectivity index (χ1v) is 9.10. The molecule has 0 amide bonds. The molecule has 4 heterocycles. The van der Waals surface area contributed by atoms with Crippen LogP contribution in [0.4, 0.5) is 0 Å². The van der Waals surface area contributed by atoms with E-state index in [1.807, 2.05) is 28.8 Å². The highest BCUT2D eigenvalue weighted by atomic mass is 32.2. The van der Waals surface area contributed by atoms with E-state index in [4.69, 9.17) is 0 Å². The second-order valence-electron chi connectivity index (χ2n) is 4.36. The van der Waals surface area contributed by atoms with E-state index in [-0.39, 0.29) is 0 Å². The highest BCUT2D eigenvalue weighted by Crippen LogP contribution is 2.28. The summed E-state index contributed by atoms with van der Waals surface area (Å²) in [7, 11) is 0. The molecule has 0 bridgehead atoms. The number of rotatable bonds is 4. The van der Waals surface area contributed by atoms with Crippen molar-refractivity contribution >= 4 is 40.1 Å². The average Bonchev–Trinajstić information content (AvgIpc) is 3.25. The lowest BCUT2D eigenvalue weighted by Crippen LogP contribution is -1.87. The Labute approximate surface area is 133 Å². The first-order valence-electron chi connectivity index (χ1n) is 6.30. The van der Waals surface area contributed by atoms with Gasteiger partial charge in [-0.1, -0.05) is 17.8 Å². The van der Waals surface area contributed by atoms with Crippen molar-refractivity contribution in [2.75, 3.05) is 0 Å². The molecule has 4 aromatic rings. The highest BCUT2D eigenvalue weighted by Gasteiger charge is 2.09. The molecule has 0 saturated carbocycles. The number of thiophene rings is 1. The van der Waals surface area contributed by atoms with Gasteiger partial charge in [-0.15, -0.1) is 21.5 Å². The zero-order valence-corrected chi connectivity index (χ0v) is 13.3. The van der Waals surface area contributed by atoms with Gasteiger partial charge in [0.2, 0.25) is 0 Å². The van der Waals surface area contributed by atoms with Gasteiger partial charge >= 0.3 is 0 Å². The first-order chi connectivity index (χ1) is 10.4. The molecule has 0 unspecified atom stereocenters. The molecule has 0 aliphatic carbocycles. The largest absolute Gasteiger partial charge is 0.277 e. The molecule has 0 fully saturated rings. The van der Waals surface area contributed by atoms with E-state index >= 15 is 0 Å². The number of nitrogens with zero attached hydrogens (tertiary/aromatic N) is 4. The minimum Gasteiger partial charge on any atom is -0.277 e. The van der Waals surface area contributed by atoms with Crippen LogP contribution in [0.15, 0.2) is 51.8 Å². The van der Waals surface area contributed by atoms with Gasteiger partial charge in [0, 0.05) is 28.3 Å². The van der Waals surface area contributed by atoms with Gasteiger partial charge in [0.05, 0.1) is 5.69 Å². The van der Waals surface area contributed by atoms with Crippen LogP contribution in [-0.2, 0) is 5.75 Å². The summed E-state index contributed by atoms with van der Waals surface area (Å²) in [6.07, 6.45) is 1.98. The van der Waals surface area contributed by atoms with Crippen LogP contribution in [0.2, 0.25) is 0 Å². The quantitative estimate of drug-likeness (QED) is 0.526. The van der Waals surface area contributed by atoms with E-state index in [0.717, 1.165) is 27.3 Å². The van der Waals surface area contributed by atoms with Crippen molar-refractivity contribution in [1.29, 1.82) is 0 Å². The summed E-state index contributed by atoms with van der Waals surface area (Å²) in [5, 5.41) is 16.7. The fourth-order valence-corrected chi connectivity index (χ4v) is 4.40. The van der Waals surface area contributed by atoms with Crippen LogP contribution in [0.5, 0.6) is 0 Å². The summed E-state index contributed by atoms with van der Waals surface area (Å²) >= 11 is 5.04. The molecule has 4 nitrogen and oxygen atoms in total. The number of thiazole rings is 1. The Hall–Kier alpha value is -1.70. The number of hydrogen-bond donors (Lipinski definition) is 0. The molecule has 0 saturated heterocycles. The monoisotopic (exact) mass is 330 g/mol. The summed E-state index contributed by atoms with van der Waals surface area (Å²) in [5.74, 6) is 0.802. The maximum Gasteiger partial charge on any atom is 0.195 e. The number of hydrogen-bond acceptors (Lipinski definition) is 6. The SMILES string of the molecule is c1ccn2c(SCc3csc(-c4ccsc4)n3)nnc2c1. The van der Waals surface area contributed by atoms with Gasteiger partial charge in [0.1, 0.15) is 5.01 Å². The van der Waals surface area contributed by atoms with Crippen LogP contribution in [0.3, 0.4) is 0 Å². The number of fused-ring (bicyclic) bond motifs is 1. The van der Waals surface area contributed by atoms with Crippen LogP contribution >= 0.6 is 34.4 Å². The molecule has 0 atom stereocenters. The highest BCUT2D eigenvalue weighted by molar-refractivity contribution is 7.98. The normalized spacial score (nSPS) is 11.2. The Bertz CT molecular complexity index is 863. The molecule has 4 aromatic heterocycles. The van der Waals surface area contributed by atoms with Gasteiger partial charge in [0.15, 0.2) is 10.8 Å². The summed E-state index contributed by atoms with van der Waals surface area (Å²) < 4.78 is 2.00. The molecule has 0 radical (unpaired) electrons. The third-order valence-electron chi connectivity index (χ3n) is 2.95. The zero-order chi connectivity index (χ0) is 14.1. The van der Waals surface area contributed by atoms with Crippen LogP contribution in [-0.4, -0.2) is 19.6 Å². The molecule has 0 N–H and O–H groups in total. The molecule has 104 valence electrons. The molecular weight excluding hydrogens is 320 g/mol. The maximum absolute atomic E-state index is 4.68. The fraction of sp³-hybridized carbons (Fsp3) is 0.0714. The minimum atomic E-state index is 0.802. The van der Waals surface area contributed by atoms with Gasteiger partial charge < -0.3 is 0 Å². The lowest BCUT2D eigenvalue weighted by molar-refractivity contribution is 0.920. The Morgan fingerprint density at radius 2 is 2.14 bits per heavy atom. The van der Waals surface area contributed by atoms with Crippen LogP contribution in [0, 0.1) is 0 Å². The van der Waals surface area contributed by atoms with Crippen LogP contribution < -0.4 is 0 Å². The smallest absolute Gasteiger partial charge is 0.195 e. The first kappa shape index (κ1) is 13.0. The molecular formula is C14H10N4S3.